The molecular formula is C13H18F2N2O. The molecule has 0 saturated heterocycles. The van der Waals surface area contributed by atoms with E-state index in [2.05, 4.69) is 5.32 Å². The van der Waals surface area contributed by atoms with Gasteiger partial charge in [0.1, 0.15) is 11.6 Å². The summed E-state index contributed by atoms with van der Waals surface area (Å²) in [6.45, 7) is 5.28. The summed E-state index contributed by atoms with van der Waals surface area (Å²) in [5, 5.41) is 2.61. The molecule has 0 radical (unpaired) electrons. The van der Waals surface area contributed by atoms with E-state index in [4.69, 9.17) is 5.73 Å². The van der Waals surface area contributed by atoms with Crippen molar-refractivity contribution in [2.45, 2.75) is 32.9 Å². The van der Waals surface area contributed by atoms with E-state index in [9.17, 15) is 13.6 Å². The van der Waals surface area contributed by atoms with Gasteiger partial charge in [0.05, 0.1) is 12.1 Å². The van der Waals surface area contributed by atoms with Gasteiger partial charge in [0.2, 0.25) is 5.91 Å². The van der Waals surface area contributed by atoms with Crippen molar-refractivity contribution in [1.82, 2.24) is 5.32 Å². The smallest absolute Gasteiger partial charge is 0.237 e. The van der Waals surface area contributed by atoms with Crippen molar-refractivity contribution in [1.29, 1.82) is 0 Å². The second-order valence-corrected chi connectivity index (χ2v) is 4.67. The third-order valence-electron chi connectivity index (χ3n) is 2.81. The minimum atomic E-state index is -0.680. The third-order valence-corrected chi connectivity index (χ3v) is 2.81. The Morgan fingerprint density at radius 3 is 2.39 bits per heavy atom. The van der Waals surface area contributed by atoms with Crippen molar-refractivity contribution in [2.75, 3.05) is 0 Å². The van der Waals surface area contributed by atoms with Crippen LogP contribution in [0.15, 0.2) is 18.2 Å². The summed E-state index contributed by atoms with van der Waals surface area (Å²) in [6.07, 6.45) is 0. The van der Waals surface area contributed by atoms with Crippen LogP contribution in [0.1, 0.15) is 32.4 Å². The topological polar surface area (TPSA) is 55.1 Å². The maximum atomic E-state index is 13.5. The Hall–Kier alpha value is -1.49. The molecule has 5 heteroatoms. The number of hydrogen-bond donors (Lipinski definition) is 2. The van der Waals surface area contributed by atoms with Crippen LogP contribution in [0, 0.1) is 17.6 Å². The van der Waals surface area contributed by atoms with Crippen molar-refractivity contribution in [3.8, 4) is 0 Å². The molecule has 0 bridgehead atoms. The Balaban J connectivity index is 2.76. The number of nitrogens with two attached hydrogens (primary N) is 1. The predicted octanol–water partition coefficient (Wildman–Crippen LogP) is 2.13. The fourth-order valence-electron chi connectivity index (χ4n) is 1.54. The molecule has 1 aromatic carbocycles. The molecule has 0 aliphatic heterocycles. The lowest BCUT2D eigenvalue weighted by molar-refractivity contribution is -0.123. The highest BCUT2D eigenvalue weighted by Gasteiger charge is 2.20. The first-order valence-electron chi connectivity index (χ1n) is 5.83. The average molecular weight is 256 g/mol. The number of benzene rings is 1. The first-order valence-corrected chi connectivity index (χ1v) is 5.83. The predicted molar refractivity (Wildman–Crippen MR) is 65.7 cm³/mol. The van der Waals surface area contributed by atoms with Crippen LogP contribution in [0.25, 0.3) is 0 Å². The third kappa shape index (κ3) is 3.50. The maximum absolute atomic E-state index is 13.5. The highest BCUT2D eigenvalue weighted by atomic mass is 19.1. The molecule has 1 amide bonds. The second-order valence-electron chi connectivity index (χ2n) is 4.67. The van der Waals surface area contributed by atoms with Crippen LogP contribution in [0.3, 0.4) is 0 Å². The minimum absolute atomic E-state index is 0.00438. The number of carbonyl (C=O) groups excluding carboxylic acids is 1. The molecule has 0 saturated carbocycles. The molecule has 0 aliphatic rings. The Morgan fingerprint density at radius 1 is 1.28 bits per heavy atom. The van der Waals surface area contributed by atoms with Crippen LogP contribution in [-0.2, 0) is 4.79 Å². The van der Waals surface area contributed by atoms with E-state index >= 15 is 0 Å². The first kappa shape index (κ1) is 14.6. The summed E-state index contributed by atoms with van der Waals surface area (Å²) in [7, 11) is 0. The van der Waals surface area contributed by atoms with Crippen LogP contribution in [-0.4, -0.2) is 11.9 Å². The number of hydrogen-bond acceptors (Lipinski definition) is 2. The van der Waals surface area contributed by atoms with Gasteiger partial charge in [-0.3, -0.25) is 4.79 Å². The zero-order valence-electron chi connectivity index (χ0n) is 10.7. The summed E-state index contributed by atoms with van der Waals surface area (Å²) >= 11 is 0. The van der Waals surface area contributed by atoms with Gasteiger partial charge in [-0.2, -0.15) is 0 Å². The van der Waals surface area contributed by atoms with Crippen molar-refractivity contribution in [3.63, 3.8) is 0 Å². The SMILES string of the molecule is CC(NC(=O)[C@@H](N)C(C)C)c1ccc(F)cc1F. The highest BCUT2D eigenvalue weighted by molar-refractivity contribution is 5.82. The zero-order chi connectivity index (χ0) is 13.9. The number of carbonyl (C=O) groups is 1. The van der Waals surface area contributed by atoms with Gasteiger partial charge in [0.15, 0.2) is 0 Å². The summed E-state index contributed by atoms with van der Waals surface area (Å²) in [5.74, 6) is -1.67. The number of rotatable bonds is 4. The molecule has 1 aromatic rings. The minimum Gasteiger partial charge on any atom is -0.348 e. The van der Waals surface area contributed by atoms with E-state index in [1.807, 2.05) is 13.8 Å². The molecule has 3 nitrogen and oxygen atoms in total. The first-order chi connectivity index (χ1) is 8.32. The van der Waals surface area contributed by atoms with Gasteiger partial charge in [-0.15, -0.1) is 0 Å². The Labute approximate surface area is 105 Å². The fourth-order valence-corrected chi connectivity index (χ4v) is 1.54. The number of halogens is 2. The molecule has 0 aliphatic carbocycles. The molecule has 0 fully saturated rings. The van der Waals surface area contributed by atoms with E-state index in [1.165, 1.54) is 6.07 Å². The summed E-state index contributed by atoms with van der Waals surface area (Å²) in [5.41, 5.74) is 5.92. The lowest BCUT2D eigenvalue weighted by atomic mass is 10.0. The van der Waals surface area contributed by atoms with Gasteiger partial charge in [0.25, 0.3) is 0 Å². The zero-order valence-corrected chi connectivity index (χ0v) is 10.7. The second kappa shape index (κ2) is 5.91. The van der Waals surface area contributed by atoms with Gasteiger partial charge >= 0.3 is 0 Å². The molecule has 3 N–H and O–H groups in total. The Bertz CT molecular complexity index is 435. The number of nitrogens with one attached hydrogen (secondary N) is 1. The fraction of sp³-hybridized carbons (Fsp3) is 0.462. The summed E-state index contributed by atoms with van der Waals surface area (Å²) < 4.78 is 26.2. The lowest BCUT2D eigenvalue weighted by Gasteiger charge is -2.20. The van der Waals surface area contributed by atoms with Crippen molar-refractivity contribution in [3.05, 3.63) is 35.4 Å². The molecular weight excluding hydrogens is 238 g/mol. The highest BCUT2D eigenvalue weighted by Crippen LogP contribution is 2.17. The van der Waals surface area contributed by atoms with Crippen LogP contribution < -0.4 is 11.1 Å². The molecule has 0 heterocycles. The summed E-state index contributed by atoms with van der Waals surface area (Å²) in [4.78, 5) is 11.7. The van der Waals surface area contributed by atoms with Gasteiger partial charge in [-0.1, -0.05) is 19.9 Å². The van der Waals surface area contributed by atoms with E-state index in [1.54, 1.807) is 6.92 Å². The van der Waals surface area contributed by atoms with E-state index in [-0.39, 0.29) is 17.4 Å². The Kier molecular flexibility index (Phi) is 4.78. The van der Waals surface area contributed by atoms with Crippen LogP contribution in [0.4, 0.5) is 8.78 Å². The molecule has 18 heavy (non-hydrogen) atoms. The average Bonchev–Trinajstić information content (AvgIpc) is 2.27. The molecule has 0 spiro atoms. The summed E-state index contributed by atoms with van der Waals surface area (Å²) in [6, 6.07) is 2.07. The molecule has 1 unspecified atom stereocenters. The van der Waals surface area contributed by atoms with E-state index < -0.39 is 23.7 Å². The molecule has 0 aromatic heterocycles. The quantitative estimate of drug-likeness (QED) is 0.867. The number of amides is 1. The lowest BCUT2D eigenvalue weighted by Crippen LogP contribution is -2.44. The van der Waals surface area contributed by atoms with E-state index in [0.29, 0.717) is 0 Å². The van der Waals surface area contributed by atoms with Crippen molar-refractivity contribution in [2.24, 2.45) is 11.7 Å². The molecule has 2 atom stereocenters. The monoisotopic (exact) mass is 256 g/mol. The molecule has 1 rings (SSSR count). The Morgan fingerprint density at radius 2 is 1.89 bits per heavy atom. The van der Waals surface area contributed by atoms with Crippen LogP contribution in [0.5, 0.6) is 0 Å². The maximum Gasteiger partial charge on any atom is 0.237 e. The van der Waals surface area contributed by atoms with Gasteiger partial charge in [-0.05, 0) is 18.9 Å². The van der Waals surface area contributed by atoms with Crippen LogP contribution in [0.2, 0.25) is 0 Å². The largest absolute Gasteiger partial charge is 0.348 e. The standard InChI is InChI=1S/C13H18F2N2O/c1-7(2)12(16)13(18)17-8(3)10-5-4-9(14)6-11(10)15/h4-8,12H,16H2,1-3H3,(H,17,18)/t8?,12-/m0/s1. The van der Waals surface area contributed by atoms with Gasteiger partial charge in [-0.25, -0.2) is 8.78 Å². The van der Waals surface area contributed by atoms with E-state index in [0.717, 1.165) is 12.1 Å². The molecule has 100 valence electrons. The van der Waals surface area contributed by atoms with Gasteiger partial charge < -0.3 is 11.1 Å². The van der Waals surface area contributed by atoms with Crippen LogP contribution >= 0.6 is 0 Å². The van der Waals surface area contributed by atoms with Gasteiger partial charge in [0, 0.05) is 11.6 Å². The normalized spacial score (nSPS) is 14.4. The van der Waals surface area contributed by atoms with Crippen molar-refractivity contribution >= 4 is 5.91 Å². The van der Waals surface area contributed by atoms with Crippen molar-refractivity contribution < 1.29 is 13.6 Å².